The summed E-state index contributed by atoms with van der Waals surface area (Å²) in [6, 6.07) is 5.53. The average molecular weight is 291 g/mol. The molecule has 1 amide bonds. The smallest absolute Gasteiger partial charge is 0.267 e. The minimum atomic E-state index is -0.437. The molecule has 0 spiro atoms. The van der Waals surface area contributed by atoms with E-state index in [2.05, 4.69) is 6.92 Å². The Bertz CT molecular complexity index is 487. The second-order valence-electron chi connectivity index (χ2n) is 5.62. The van der Waals surface area contributed by atoms with Crippen LogP contribution in [0.2, 0.25) is 0 Å². The van der Waals surface area contributed by atoms with Gasteiger partial charge in [-0.05, 0) is 31.0 Å². The number of amides is 1. The van der Waals surface area contributed by atoms with E-state index in [1.165, 1.54) is 19.3 Å². The number of carbonyl (C=O) groups is 1. The summed E-state index contributed by atoms with van der Waals surface area (Å²) in [5.41, 5.74) is 1.59. The van der Waals surface area contributed by atoms with Gasteiger partial charge in [0.2, 0.25) is 0 Å². The number of aliphatic hydroxyl groups is 1. The molecule has 0 saturated carbocycles. The van der Waals surface area contributed by atoms with Gasteiger partial charge in [-0.1, -0.05) is 38.7 Å². The highest BCUT2D eigenvalue weighted by molar-refractivity contribution is 5.99. The van der Waals surface area contributed by atoms with Crippen molar-refractivity contribution >= 4 is 11.6 Å². The maximum Gasteiger partial charge on any atom is 0.267 e. The lowest BCUT2D eigenvalue weighted by Gasteiger charge is -2.33. The number of unbranched alkanes of at least 4 members (excludes halogenated alkanes) is 4. The molecule has 116 valence electrons. The minimum Gasteiger partial charge on any atom is -0.479 e. The summed E-state index contributed by atoms with van der Waals surface area (Å²) in [5.74, 6) is 0.737. The Balaban J connectivity index is 2.09. The third-order valence-electron chi connectivity index (χ3n) is 3.90. The number of nitrogens with zero attached hydrogens (tertiary/aromatic N) is 1. The molecule has 1 atom stereocenters. The zero-order valence-electron chi connectivity index (χ0n) is 13.0. The number of aliphatic hydroxyl groups excluding tert-OH is 1. The Labute approximate surface area is 126 Å². The number of carbonyl (C=O) groups excluding carboxylic acids is 1. The van der Waals surface area contributed by atoms with Crippen LogP contribution in [0.3, 0.4) is 0 Å². The normalized spacial score (nSPS) is 17.6. The number of anilines is 1. The Morgan fingerprint density at radius 1 is 1.24 bits per heavy atom. The fourth-order valence-corrected chi connectivity index (χ4v) is 2.66. The molecule has 0 fully saturated rings. The van der Waals surface area contributed by atoms with Crippen LogP contribution in [0.15, 0.2) is 18.2 Å². The van der Waals surface area contributed by atoms with Crippen LogP contribution in [-0.4, -0.2) is 23.7 Å². The van der Waals surface area contributed by atoms with Crippen LogP contribution in [0.1, 0.15) is 51.5 Å². The van der Waals surface area contributed by atoms with Gasteiger partial charge in [0.15, 0.2) is 6.10 Å². The molecule has 4 nitrogen and oxygen atoms in total. The van der Waals surface area contributed by atoms with Gasteiger partial charge < -0.3 is 14.7 Å². The second kappa shape index (κ2) is 7.46. The van der Waals surface area contributed by atoms with E-state index in [1.807, 2.05) is 23.1 Å². The lowest BCUT2D eigenvalue weighted by Crippen LogP contribution is -2.44. The average Bonchev–Trinajstić information content (AvgIpc) is 2.50. The first-order chi connectivity index (χ1) is 10.2. The lowest BCUT2D eigenvalue weighted by molar-refractivity contribution is -0.125. The Kier molecular flexibility index (Phi) is 5.62. The summed E-state index contributed by atoms with van der Waals surface area (Å²) in [5, 5.41) is 9.27. The van der Waals surface area contributed by atoms with Crippen molar-refractivity contribution in [2.24, 2.45) is 0 Å². The van der Waals surface area contributed by atoms with Gasteiger partial charge in [0.25, 0.3) is 5.91 Å². The van der Waals surface area contributed by atoms with Crippen LogP contribution in [0, 0.1) is 0 Å². The lowest BCUT2D eigenvalue weighted by atomic mass is 10.1. The molecule has 0 bridgehead atoms. The van der Waals surface area contributed by atoms with Gasteiger partial charge in [-0.3, -0.25) is 4.79 Å². The number of hydrogen-bond acceptors (Lipinski definition) is 3. The van der Waals surface area contributed by atoms with Crippen LogP contribution < -0.4 is 9.64 Å². The molecule has 1 aromatic carbocycles. The molecule has 1 aliphatic heterocycles. The van der Waals surface area contributed by atoms with Crippen LogP contribution in [0.4, 0.5) is 5.69 Å². The highest BCUT2D eigenvalue weighted by atomic mass is 16.5. The van der Waals surface area contributed by atoms with Crippen LogP contribution >= 0.6 is 0 Å². The molecule has 1 aliphatic rings. The molecule has 1 N–H and O–H groups in total. The summed E-state index contributed by atoms with van der Waals surface area (Å²) in [7, 11) is 0. The first-order valence-electron chi connectivity index (χ1n) is 7.89. The van der Waals surface area contributed by atoms with Gasteiger partial charge in [-0.15, -0.1) is 0 Å². The van der Waals surface area contributed by atoms with Crippen molar-refractivity contribution in [2.75, 3.05) is 11.4 Å². The van der Waals surface area contributed by atoms with Crippen LogP contribution in [-0.2, 0) is 11.4 Å². The molecule has 0 saturated heterocycles. The van der Waals surface area contributed by atoms with Crippen molar-refractivity contribution in [1.29, 1.82) is 0 Å². The fraction of sp³-hybridized carbons (Fsp3) is 0.588. The molecule has 0 aliphatic carbocycles. The molecule has 1 aromatic rings. The third-order valence-corrected chi connectivity index (χ3v) is 3.90. The van der Waals surface area contributed by atoms with Crippen molar-refractivity contribution in [1.82, 2.24) is 0 Å². The van der Waals surface area contributed by atoms with E-state index in [1.54, 1.807) is 6.92 Å². The van der Waals surface area contributed by atoms with Gasteiger partial charge >= 0.3 is 0 Å². The minimum absolute atomic E-state index is 0.00748. The maximum absolute atomic E-state index is 12.3. The summed E-state index contributed by atoms with van der Waals surface area (Å²) >= 11 is 0. The van der Waals surface area contributed by atoms with E-state index >= 15 is 0 Å². The second-order valence-corrected chi connectivity index (χ2v) is 5.62. The molecule has 0 radical (unpaired) electrons. The predicted molar refractivity (Wildman–Crippen MR) is 83.6 cm³/mol. The van der Waals surface area contributed by atoms with E-state index in [-0.39, 0.29) is 12.5 Å². The van der Waals surface area contributed by atoms with E-state index in [4.69, 9.17) is 4.74 Å². The Hall–Kier alpha value is -1.55. The summed E-state index contributed by atoms with van der Waals surface area (Å²) in [4.78, 5) is 14.2. The fourth-order valence-electron chi connectivity index (χ4n) is 2.66. The highest BCUT2D eigenvalue weighted by Crippen LogP contribution is 2.35. The first kappa shape index (κ1) is 15.8. The van der Waals surface area contributed by atoms with Crippen molar-refractivity contribution < 1.29 is 14.6 Å². The molecule has 0 aromatic heterocycles. The van der Waals surface area contributed by atoms with Gasteiger partial charge in [-0.25, -0.2) is 0 Å². The Morgan fingerprint density at radius 2 is 2.00 bits per heavy atom. The monoisotopic (exact) mass is 291 g/mol. The molecular weight excluding hydrogens is 266 g/mol. The van der Waals surface area contributed by atoms with Crippen LogP contribution in [0.25, 0.3) is 0 Å². The van der Waals surface area contributed by atoms with Gasteiger partial charge in [0.05, 0.1) is 12.3 Å². The molecule has 1 unspecified atom stereocenters. The van der Waals surface area contributed by atoms with E-state index in [0.29, 0.717) is 0 Å². The zero-order valence-corrected chi connectivity index (χ0v) is 13.0. The van der Waals surface area contributed by atoms with Crippen LogP contribution in [0.5, 0.6) is 5.75 Å². The quantitative estimate of drug-likeness (QED) is 0.784. The molecule has 1 heterocycles. The van der Waals surface area contributed by atoms with E-state index in [9.17, 15) is 9.90 Å². The van der Waals surface area contributed by atoms with Crippen molar-refractivity contribution in [3.63, 3.8) is 0 Å². The number of hydrogen-bond donors (Lipinski definition) is 1. The zero-order chi connectivity index (χ0) is 15.2. The standard InChI is InChI=1S/C17H25NO3/c1-3-4-5-6-7-10-18-15-11-14(12-19)8-9-16(15)21-13(2)17(18)20/h8-9,11,13,19H,3-7,10,12H2,1-2H3. The first-order valence-corrected chi connectivity index (χ1v) is 7.89. The molecule has 21 heavy (non-hydrogen) atoms. The molecule has 4 heteroatoms. The van der Waals surface area contributed by atoms with E-state index in [0.717, 1.165) is 36.4 Å². The number of benzene rings is 1. The molecule has 2 rings (SSSR count). The van der Waals surface area contributed by atoms with Crippen molar-refractivity contribution in [3.05, 3.63) is 23.8 Å². The largest absolute Gasteiger partial charge is 0.479 e. The maximum atomic E-state index is 12.3. The van der Waals surface area contributed by atoms with Gasteiger partial charge in [-0.2, -0.15) is 0 Å². The van der Waals surface area contributed by atoms with Crippen molar-refractivity contribution in [2.45, 2.75) is 58.7 Å². The van der Waals surface area contributed by atoms with Crippen molar-refractivity contribution in [3.8, 4) is 5.75 Å². The molecular formula is C17H25NO3. The number of ether oxygens (including phenoxy) is 1. The summed E-state index contributed by atoms with van der Waals surface area (Å²) in [6.45, 7) is 4.68. The van der Waals surface area contributed by atoms with Gasteiger partial charge in [0.1, 0.15) is 5.75 Å². The predicted octanol–water partition coefficient (Wildman–Crippen LogP) is 3.26. The highest BCUT2D eigenvalue weighted by Gasteiger charge is 2.31. The summed E-state index contributed by atoms with van der Waals surface area (Å²) < 4.78 is 5.65. The SMILES string of the molecule is CCCCCCCN1C(=O)C(C)Oc2ccc(CO)cc21. The summed E-state index contributed by atoms with van der Waals surface area (Å²) in [6.07, 6.45) is 5.39. The Morgan fingerprint density at radius 3 is 2.71 bits per heavy atom. The number of rotatable bonds is 7. The topological polar surface area (TPSA) is 49.8 Å². The van der Waals surface area contributed by atoms with E-state index < -0.39 is 6.10 Å². The third kappa shape index (κ3) is 3.76. The number of fused-ring (bicyclic) bond motifs is 1. The van der Waals surface area contributed by atoms with Gasteiger partial charge in [0, 0.05) is 6.54 Å².